The van der Waals surface area contributed by atoms with Gasteiger partial charge in [-0.05, 0) is 32.9 Å². The lowest BCUT2D eigenvalue weighted by atomic mass is 9.94. The molecule has 0 radical (unpaired) electrons. The van der Waals surface area contributed by atoms with Crippen LogP contribution in [0.2, 0.25) is 0 Å². The van der Waals surface area contributed by atoms with Gasteiger partial charge in [0.15, 0.2) is 0 Å². The monoisotopic (exact) mass is 249 g/mol. The molecule has 0 aromatic heterocycles. The Hall–Kier alpha value is -0.170. The average Bonchev–Trinajstić information content (AvgIpc) is 2.15. The van der Waals surface area contributed by atoms with E-state index in [1.54, 1.807) is 14.1 Å². The van der Waals surface area contributed by atoms with Crippen molar-refractivity contribution < 1.29 is 8.42 Å². The van der Waals surface area contributed by atoms with E-state index in [9.17, 15) is 8.42 Å². The maximum absolute atomic E-state index is 12.1. The van der Waals surface area contributed by atoms with E-state index in [4.69, 9.17) is 0 Å². The fraction of sp³-hybridized carbons (Fsp3) is 1.00. The van der Waals surface area contributed by atoms with E-state index in [1.165, 1.54) is 8.61 Å². The molecule has 1 aliphatic rings. The van der Waals surface area contributed by atoms with Crippen LogP contribution in [0.3, 0.4) is 0 Å². The van der Waals surface area contributed by atoms with Crippen molar-refractivity contribution in [2.45, 2.75) is 31.7 Å². The lowest BCUT2D eigenvalue weighted by Gasteiger charge is -2.36. The van der Waals surface area contributed by atoms with Crippen molar-refractivity contribution in [1.82, 2.24) is 13.9 Å². The lowest BCUT2D eigenvalue weighted by Crippen LogP contribution is -2.47. The molecule has 1 N–H and O–H groups in total. The predicted molar refractivity (Wildman–Crippen MR) is 65.5 cm³/mol. The van der Waals surface area contributed by atoms with E-state index in [2.05, 4.69) is 5.32 Å². The Morgan fingerprint density at radius 3 is 2.38 bits per heavy atom. The van der Waals surface area contributed by atoms with Crippen molar-refractivity contribution in [2.24, 2.45) is 0 Å². The van der Waals surface area contributed by atoms with Gasteiger partial charge in [0.2, 0.25) is 0 Å². The Morgan fingerprint density at radius 2 is 1.94 bits per heavy atom. The number of nitrogens with one attached hydrogen (secondary N) is 1. The zero-order valence-electron chi connectivity index (χ0n) is 10.4. The normalized spacial score (nSPS) is 18.1. The fourth-order valence-electron chi connectivity index (χ4n) is 1.75. The van der Waals surface area contributed by atoms with Crippen LogP contribution >= 0.6 is 0 Å². The Morgan fingerprint density at radius 1 is 1.31 bits per heavy atom. The summed E-state index contributed by atoms with van der Waals surface area (Å²) in [6.45, 7) is 1.41. The third-order valence-electron chi connectivity index (χ3n) is 3.25. The standard InChI is InChI=1S/C10H23N3O2S/c1-11-8-5-9-12(2)16(14,15)13(3)10-6-4-7-10/h10-11H,4-9H2,1-3H3. The van der Waals surface area contributed by atoms with E-state index in [0.717, 1.165) is 32.2 Å². The highest BCUT2D eigenvalue weighted by atomic mass is 32.2. The second kappa shape index (κ2) is 5.95. The third-order valence-corrected chi connectivity index (χ3v) is 5.24. The third kappa shape index (κ3) is 3.16. The molecule has 0 amide bonds. The number of nitrogens with zero attached hydrogens (tertiary/aromatic N) is 2. The second-order valence-electron chi connectivity index (χ2n) is 4.39. The molecule has 0 saturated heterocycles. The van der Waals surface area contributed by atoms with Crippen molar-refractivity contribution in [3.8, 4) is 0 Å². The minimum Gasteiger partial charge on any atom is -0.320 e. The van der Waals surface area contributed by atoms with Gasteiger partial charge in [-0.1, -0.05) is 6.42 Å². The molecule has 16 heavy (non-hydrogen) atoms. The minimum atomic E-state index is -3.24. The highest BCUT2D eigenvalue weighted by molar-refractivity contribution is 7.86. The van der Waals surface area contributed by atoms with Crippen molar-refractivity contribution in [1.29, 1.82) is 0 Å². The minimum absolute atomic E-state index is 0.219. The number of hydrogen-bond donors (Lipinski definition) is 1. The first-order chi connectivity index (χ1) is 7.50. The van der Waals surface area contributed by atoms with E-state index >= 15 is 0 Å². The summed E-state index contributed by atoms with van der Waals surface area (Å²) in [5.41, 5.74) is 0. The Kier molecular flexibility index (Phi) is 5.17. The summed E-state index contributed by atoms with van der Waals surface area (Å²) >= 11 is 0. The van der Waals surface area contributed by atoms with Crippen LogP contribution in [-0.2, 0) is 10.2 Å². The number of rotatable bonds is 7. The quantitative estimate of drug-likeness (QED) is 0.658. The van der Waals surface area contributed by atoms with Crippen LogP contribution < -0.4 is 5.32 Å². The van der Waals surface area contributed by atoms with E-state index in [0.29, 0.717) is 6.54 Å². The van der Waals surface area contributed by atoms with Gasteiger partial charge in [0.05, 0.1) is 0 Å². The van der Waals surface area contributed by atoms with Gasteiger partial charge in [-0.15, -0.1) is 0 Å². The van der Waals surface area contributed by atoms with Gasteiger partial charge in [0.25, 0.3) is 10.2 Å². The fourth-order valence-corrected chi connectivity index (χ4v) is 3.14. The zero-order valence-corrected chi connectivity index (χ0v) is 11.3. The first kappa shape index (κ1) is 13.9. The van der Waals surface area contributed by atoms with Gasteiger partial charge in [-0.3, -0.25) is 0 Å². The number of hydrogen-bond acceptors (Lipinski definition) is 3. The van der Waals surface area contributed by atoms with Crippen LogP contribution in [0.1, 0.15) is 25.7 Å². The molecular formula is C10H23N3O2S. The van der Waals surface area contributed by atoms with Crippen molar-refractivity contribution in [2.75, 3.05) is 34.2 Å². The molecule has 1 aliphatic carbocycles. The smallest absolute Gasteiger partial charge is 0.281 e. The maximum atomic E-state index is 12.1. The van der Waals surface area contributed by atoms with Gasteiger partial charge >= 0.3 is 0 Å². The summed E-state index contributed by atoms with van der Waals surface area (Å²) in [5, 5.41) is 3.01. The molecule has 0 aliphatic heterocycles. The molecule has 0 atom stereocenters. The molecule has 1 fully saturated rings. The van der Waals surface area contributed by atoms with Crippen LogP contribution in [0.25, 0.3) is 0 Å². The van der Waals surface area contributed by atoms with E-state index in [-0.39, 0.29) is 6.04 Å². The van der Waals surface area contributed by atoms with Gasteiger partial charge < -0.3 is 5.32 Å². The van der Waals surface area contributed by atoms with E-state index < -0.39 is 10.2 Å². The lowest BCUT2D eigenvalue weighted by molar-refractivity contribution is 0.236. The van der Waals surface area contributed by atoms with Gasteiger partial charge in [0.1, 0.15) is 0 Å². The Labute approximate surface area is 99.0 Å². The van der Waals surface area contributed by atoms with Crippen molar-refractivity contribution in [3.05, 3.63) is 0 Å². The summed E-state index contributed by atoms with van der Waals surface area (Å²) in [7, 11) is 1.97. The summed E-state index contributed by atoms with van der Waals surface area (Å²) < 4.78 is 27.2. The van der Waals surface area contributed by atoms with Crippen LogP contribution in [0, 0.1) is 0 Å². The van der Waals surface area contributed by atoms with Gasteiger partial charge in [-0.25, -0.2) is 0 Å². The molecular weight excluding hydrogens is 226 g/mol. The zero-order chi connectivity index (χ0) is 12.2. The second-order valence-corrected chi connectivity index (χ2v) is 6.48. The molecule has 96 valence electrons. The molecule has 1 saturated carbocycles. The molecule has 0 spiro atoms. The molecule has 5 nitrogen and oxygen atoms in total. The molecule has 6 heteroatoms. The summed E-state index contributed by atoms with van der Waals surface area (Å²) in [5.74, 6) is 0. The summed E-state index contributed by atoms with van der Waals surface area (Å²) in [4.78, 5) is 0. The van der Waals surface area contributed by atoms with Crippen LogP contribution in [0.5, 0.6) is 0 Å². The predicted octanol–water partition coefficient (Wildman–Crippen LogP) is 0.257. The maximum Gasteiger partial charge on any atom is 0.281 e. The highest BCUT2D eigenvalue weighted by Gasteiger charge is 2.32. The first-order valence-electron chi connectivity index (χ1n) is 5.84. The molecule has 1 rings (SSSR count). The van der Waals surface area contributed by atoms with Gasteiger partial charge in [0, 0.05) is 26.7 Å². The molecule has 0 aromatic carbocycles. The van der Waals surface area contributed by atoms with Crippen LogP contribution in [-0.4, -0.2) is 57.3 Å². The van der Waals surface area contributed by atoms with E-state index in [1.807, 2.05) is 7.05 Å². The van der Waals surface area contributed by atoms with Gasteiger partial charge in [-0.2, -0.15) is 17.0 Å². The highest BCUT2D eigenvalue weighted by Crippen LogP contribution is 2.26. The Bertz CT molecular complexity index is 301. The summed E-state index contributed by atoms with van der Waals surface area (Å²) in [6.07, 6.45) is 3.99. The topological polar surface area (TPSA) is 52.7 Å². The van der Waals surface area contributed by atoms with Crippen molar-refractivity contribution in [3.63, 3.8) is 0 Å². The van der Waals surface area contributed by atoms with Crippen molar-refractivity contribution >= 4 is 10.2 Å². The SMILES string of the molecule is CNCCCN(C)S(=O)(=O)N(C)C1CCC1. The summed E-state index contributed by atoms with van der Waals surface area (Å²) in [6, 6.07) is 0.219. The molecule has 0 heterocycles. The molecule has 0 bridgehead atoms. The largest absolute Gasteiger partial charge is 0.320 e. The molecule has 0 aromatic rings. The van der Waals surface area contributed by atoms with Crippen LogP contribution in [0.15, 0.2) is 0 Å². The van der Waals surface area contributed by atoms with Crippen LogP contribution in [0.4, 0.5) is 0 Å². The first-order valence-corrected chi connectivity index (χ1v) is 7.23. The Balaban J connectivity index is 2.47. The molecule has 0 unspecified atom stereocenters. The average molecular weight is 249 g/mol.